The highest BCUT2D eigenvalue weighted by Crippen LogP contribution is 2.29. The molecule has 2 aromatic rings. The average Bonchev–Trinajstić information content (AvgIpc) is 3.25. The van der Waals surface area contributed by atoms with Crippen molar-refractivity contribution in [3.63, 3.8) is 0 Å². The van der Waals surface area contributed by atoms with Gasteiger partial charge in [0.05, 0.1) is 10.7 Å². The van der Waals surface area contributed by atoms with Crippen LogP contribution in [-0.2, 0) is 0 Å². The average molecular weight is 349 g/mol. The molecule has 0 saturated heterocycles. The Morgan fingerprint density at radius 1 is 1.42 bits per heavy atom. The fourth-order valence-electron chi connectivity index (χ4n) is 2.61. The van der Waals surface area contributed by atoms with Gasteiger partial charge in [0, 0.05) is 37.3 Å². The van der Waals surface area contributed by atoms with Crippen LogP contribution in [0.3, 0.4) is 0 Å². The lowest BCUT2D eigenvalue weighted by molar-refractivity contribution is 0.204. The lowest BCUT2D eigenvalue weighted by Crippen LogP contribution is -2.37. The number of aliphatic hydroxyl groups excluding tert-OH is 1. The summed E-state index contributed by atoms with van der Waals surface area (Å²) in [6.07, 6.45) is 7.11. The number of urea groups is 1. The Hall–Kier alpha value is -2.05. The number of carbonyl (C=O) groups excluding carboxylic acids is 1. The van der Waals surface area contributed by atoms with Crippen molar-refractivity contribution >= 4 is 23.3 Å². The van der Waals surface area contributed by atoms with E-state index in [2.05, 4.69) is 10.4 Å². The summed E-state index contributed by atoms with van der Waals surface area (Å²) in [6.45, 7) is 0.820. The first-order valence-corrected chi connectivity index (χ1v) is 8.55. The van der Waals surface area contributed by atoms with Gasteiger partial charge in [0.15, 0.2) is 0 Å². The fraction of sp³-hybridized carbons (Fsp3) is 0.412. The largest absolute Gasteiger partial charge is 0.396 e. The molecule has 1 saturated carbocycles. The van der Waals surface area contributed by atoms with Crippen LogP contribution >= 0.6 is 11.6 Å². The predicted octanol–water partition coefficient (Wildman–Crippen LogP) is 3.29. The van der Waals surface area contributed by atoms with Gasteiger partial charge in [-0.1, -0.05) is 11.6 Å². The molecular formula is C17H21ClN4O2. The van der Waals surface area contributed by atoms with E-state index >= 15 is 0 Å². The van der Waals surface area contributed by atoms with Crippen LogP contribution < -0.4 is 5.32 Å². The van der Waals surface area contributed by atoms with Crippen LogP contribution in [0, 0.1) is 0 Å². The van der Waals surface area contributed by atoms with Crippen molar-refractivity contribution in [2.24, 2.45) is 0 Å². The van der Waals surface area contributed by atoms with Gasteiger partial charge in [-0.2, -0.15) is 5.10 Å². The maximum atomic E-state index is 12.5. The summed E-state index contributed by atoms with van der Waals surface area (Å²) in [5.41, 5.74) is 1.43. The van der Waals surface area contributed by atoms with Gasteiger partial charge in [0.1, 0.15) is 0 Å². The second-order valence-electron chi connectivity index (χ2n) is 5.90. The van der Waals surface area contributed by atoms with E-state index in [1.807, 2.05) is 29.3 Å². The molecule has 7 heteroatoms. The molecule has 0 bridgehead atoms. The van der Waals surface area contributed by atoms with Crippen molar-refractivity contribution in [3.8, 4) is 5.69 Å². The van der Waals surface area contributed by atoms with Crippen LogP contribution in [0.2, 0.25) is 5.02 Å². The van der Waals surface area contributed by atoms with Gasteiger partial charge in [0.2, 0.25) is 0 Å². The summed E-state index contributed by atoms with van der Waals surface area (Å²) in [5.74, 6) is 0. The molecule has 1 aliphatic rings. The molecule has 128 valence electrons. The summed E-state index contributed by atoms with van der Waals surface area (Å²) in [7, 11) is 0. The molecular weight excluding hydrogens is 328 g/mol. The normalized spacial score (nSPS) is 13.8. The predicted molar refractivity (Wildman–Crippen MR) is 93.6 cm³/mol. The number of benzene rings is 1. The number of anilines is 1. The monoisotopic (exact) mass is 348 g/mol. The molecule has 0 aliphatic heterocycles. The van der Waals surface area contributed by atoms with Gasteiger partial charge in [-0.25, -0.2) is 9.48 Å². The van der Waals surface area contributed by atoms with E-state index in [0.29, 0.717) is 29.7 Å². The number of amides is 2. The van der Waals surface area contributed by atoms with Crippen molar-refractivity contribution in [1.29, 1.82) is 0 Å². The zero-order chi connectivity index (χ0) is 16.9. The van der Waals surface area contributed by atoms with Crippen LogP contribution in [-0.4, -0.2) is 45.0 Å². The van der Waals surface area contributed by atoms with Gasteiger partial charge in [-0.05, 0) is 49.9 Å². The van der Waals surface area contributed by atoms with Gasteiger partial charge >= 0.3 is 6.03 Å². The second-order valence-corrected chi connectivity index (χ2v) is 6.31. The Morgan fingerprint density at radius 3 is 2.88 bits per heavy atom. The minimum Gasteiger partial charge on any atom is -0.396 e. The molecule has 2 amide bonds. The molecule has 0 unspecified atom stereocenters. The molecule has 24 heavy (non-hydrogen) atoms. The summed E-state index contributed by atoms with van der Waals surface area (Å²) in [4.78, 5) is 14.4. The molecule has 2 N–H and O–H groups in total. The molecule has 1 aliphatic carbocycles. The van der Waals surface area contributed by atoms with E-state index in [0.717, 1.165) is 24.9 Å². The Balaban J connectivity index is 1.66. The Morgan fingerprint density at radius 2 is 2.25 bits per heavy atom. The number of hydrogen-bond acceptors (Lipinski definition) is 3. The number of nitrogens with one attached hydrogen (secondary N) is 1. The Labute approximate surface area is 146 Å². The van der Waals surface area contributed by atoms with Crippen molar-refractivity contribution < 1.29 is 9.90 Å². The van der Waals surface area contributed by atoms with Crippen molar-refractivity contribution in [2.75, 3.05) is 18.5 Å². The van der Waals surface area contributed by atoms with Gasteiger partial charge in [-0.15, -0.1) is 0 Å². The van der Waals surface area contributed by atoms with Crippen LogP contribution in [0.25, 0.3) is 5.69 Å². The smallest absolute Gasteiger partial charge is 0.322 e. The highest BCUT2D eigenvalue weighted by molar-refractivity contribution is 6.32. The molecule has 1 fully saturated rings. The molecule has 1 heterocycles. The molecule has 1 aromatic heterocycles. The third-order valence-electron chi connectivity index (χ3n) is 4.01. The molecule has 3 rings (SSSR count). The number of aliphatic hydroxyl groups is 1. The Bertz CT molecular complexity index is 686. The van der Waals surface area contributed by atoms with Crippen LogP contribution in [0.5, 0.6) is 0 Å². The van der Waals surface area contributed by atoms with E-state index in [4.69, 9.17) is 16.7 Å². The van der Waals surface area contributed by atoms with Crippen molar-refractivity contribution in [2.45, 2.75) is 31.7 Å². The topological polar surface area (TPSA) is 70.4 Å². The zero-order valence-electron chi connectivity index (χ0n) is 13.4. The number of carbonyl (C=O) groups is 1. The van der Waals surface area contributed by atoms with Crippen molar-refractivity contribution in [3.05, 3.63) is 41.7 Å². The maximum absolute atomic E-state index is 12.5. The Kier molecular flexibility index (Phi) is 5.37. The minimum absolute atomic E-state index is 0.113. The molecule has 0 radical (unpaired) electrons. The molecule has 0 atom stereocenters. The standard InChI is InChI=1S/C17H21ClN4O2/c18-15-12-13(4-7-16(15)22-10-3-8-19-22)20-17(24)21(14-5-6-14)9-1-2-11-23/h3-4,7-8,10,12,14,23H,1-2,5-6,9,11H2,(H,20,24). The van der Waals surface area contributed by atoms with Crippen LogP contribution in [0.1, 0.15) is 25.7 Å². The number of aromatic nitrogens is 2. The molecule has 0 spiro atoms. The molecule has 1 aromatic carbocycles. The zero-order valence-corrected chi connectivity index (χ0v) is 14.1. The van der Waals surface area contributed by atoms with Gasteiger partial charge in [0.25, 0.3) is 0 Å². The third-order valence-corrected chi connectivity index (χ3v) is 4.31. The third kappa shape index (κ3) is 4.07. The van der Waals surface area contributed by atoms with E-state index < -0.39 is 0 Å². The number of halogens is 1. The fourth-order valence-corrected chi connectivity index (χ4v) is 2.87. The summed E-state index contributed by atoms with van der Waals surface area (Å²) >= 11 is 6.31. The summed E-state index contributed by atoms with van der Waals surface area (Å²) in [6, 6.07) is 7.42. The van der Waals surface area contributed by atoms with E-state index in [1.165, 1.54) is 0 Å². The highest BCUT2D eigenvalue weighted by Gasteiger charge is 2.32. The second kappa shape index (κ2) is 7.68. The summed E-state index contributed by atoms with van der Waals surface area (Å²) < 4.78 is 1.68. The lowest BCUT2D eigenvalue weighted by atomic mass is 10.2. The number of hydrogen-bond donors (Lipinski definition) is 2. The van der Waals surface area contributed by atoms with Crippen molar-refractivity contribution in [1.82, 2.24) is 14.7 Å². The first kappa shape index (κ1) is 16.8. The number of nitrogens with zero attached hydrogens (tertiary/aromatic N) is 3. The maximum Gasteiger partial charge on any atom is 0.322 e. The van der Waals surface area contributed by atoms with E-state index in [-0.39, 0.29) is 12.6 Å². The lowest BCUT2D eigenvalue weighted by Gasteiger charge is -2.23. The van der Waals surface area contributed by atoms with E-state index in [9.17, 15) is 4.79 Å². The van der Waals surface area contributed by atoms with Crippen LogP contribution in [0.15, 0.2) is 36.7 Å². The highest BCUT2D eigenvalue weighted by atomic mass is 35.5. The first-order valence-electron chi connectivity index (χ1n) is 8.17. The first-order chi connectivity index (χ1) is 11.7. The summed E-state index contributed by atoms with van der Waals surface area (Å²) in [5, 5.41) is 16.5. The minimum atomic E-state index is -0.113. The van der Waals surface area contributed by atoms with Gasteiger partial charge in [-0.3, -0.25) is 0 Å². The molecule has 6 nitrogen and oxygen atoms in total. The quantitative estimate of drug-likeness (QED) is 0.754. The SMILES string of the molecule is O=C(Nc1ccc(-n2cccn2)c(Cl)c1)N(CCCCO)C1CC1. The van der Waals surface area contributed by atoms with Gasteiger partial charge < -0.3 is 15.3 Å². The number of unbranched alkanes of at least 4 members (excludes halogenated alkanes) is 1. The van der Waals surface area contributed by atoms with E-state index in [1.54, 1.807) is 16.9 Å². The number of rotatable bonds is 7. The van der Waals surface area contributed by atoms with Crippen LogP contribution in [0.4, 0.5) is 10.5 Å².